The number of aliphatic carboxylic acids is 1. The number of carbonyl (C=O) groups excluding carboxylic acids is 4. The molecule has 2 unspecified atom stereocenters. The number of nitrogens with one attached hydrogen (secondary N) is 4. The van der Waals surface area contributed by atoms with Crippen LogP contribution in [-0.4, -0.2) is 86.5 Å². The SMILES string of the molecule is Cn1nnnc1SCC1=C(C(=O)[O-])N2C(=O)C(NC(=O)C(NC(=O)Nc3c[nH]c(=O)n(C)c3=O)c3ccc(O)cc3)[C@@H]2SC1.[Na+]. The number of aromatic hydroxyl groups is 1. The van der Waals surface area contributed by atoms with Crippen LogP contribution in [0, 0.1) is 0 Å². The first kappa shape index (κ1) is 33.8. The van der Waals surface area contributed by atoms with E-state index in [-0.39, 0.29) is 63.8 Å². The van der Waals surface area contributed by atoms with Crippen molar-refractivity contribution in [2.75, 3.05) is 16.8 Å². The molecular weight excluding hydrogens is 643 g/mol. The van der Waals surface area contributed by atoms with Crippen LogP contribution in [0.4, 0.5) is 10.5 Å². The second kappa shape index (κ2) is 13.9. The summed E-state index contributed by atoms with van der Waals surface area (Å²) < 4.78 is 2.16. The van der Waals surface area contributed by atoms with Crippen LogP contribution in [0.3, 0.4) is 0 Å². The Kier molecular flexibility index (Phi) is 10.4. The smallest absolute Gasteiger partial charge is 0.543 e. The van der Waals surface area contributed by atoms with Crippen LogP contribution in [-0.2, 0) is 28.5 Å². The van der Waals surface area contributed by atoms with Gasteiger partial charge in [-0.3, -0.25) is 23.9 Å². The summed E-state index contributed by atoms with van der Waals surface area (Å²) in [6.07, 6.45) is 1.00. The molecule has 0 saturated carbocycles. The first-order valence-electron chi connectivity index (χ1n) is 12.6. The van der Waals surface area contributed by atoms with Crippen molar-refractivity contribution >= 4 is 53.0 Å². The van der Waals surface area contributed by atoms with Crippen LogP contribution < -0.4 is 61.9 Å². The number of benzene rings is 1. The van der Waals surface area contributed by atoms with E-state index >= 15 is 0 Å². The molecule has 0 spiro atoms. The molecule has 2 aliphatic rings. The molecule has 4 heterocycles. The Morgan fingerprint density at radius 3 is 2.56 bits per heavy atom. The number of tetrazole rings is 1. The van der Waals surface area contributed by atoms with Crippen molar-refractivity contribution in [2.24, 2.45) is 14.1 Å². The van der Waals surface area contributed by atoms with Crippen LogP contribution >= 0.6 is 23.5 Å². The van der Waals surface area contributed by atoms with Gasteiger partial charge in [-0.2, -0.15) is 0 Å². The Bertz CT molecular complexity index is 1810. The number of aromatic amines is 1. The fourth-order valence-electron chi connectivity index (χ4n) is 4.43. The third kappa shape index (κ3) is 6.93. The molecule has 2 aromatic heterocycles. The van der Waals surface area contributed by atoms with E-state index in [1.54, 1.807) is 7.05 Å². The van der Waals surface area contributed by atoms with Crippen molar-refractivity contribution < 1.29 is 58.9 Å². The second-order valence-electron chi connectivity index (χ2n) is 9.50. The van der Waals surface area contributed by atoms with Crippen molar-refractivity contribution in [3.05, 3.63) is 68.1 Å². The predicted octanol–water partition coefficient (Wildman–Crippen LogP) is -5.63. The van der Waals surface area contributed by atoms with Crippen LogP contribution in [0.25, 0.3) is 0 Å². The maximum atomic E-state index is 13.5. The van der Waals surface area contributed by atoms with Crippen molar-refractivity contribution in [1.29, 1.82) is 0 Å². The number of hydrogen-bond acceptors (Lipinski definition) is 13. The van der Waals surface area contributed by atoms with Gasteiger partial charge in [0.05, 0.1) is 11.7 Å². The fourth-order valence-corrected chi connectivity index (χ4v) is 6.76. The molecule has 3 aromatic rings. The number of fused-ring (bicyclic) bond motifs is 1. The summed E-state index contributed by atoms with van der Waals surface area (Å²) in [6, 6.07) is 1.78. The number of carboxylic acids is 1. The third-order valence-electron chi connectivity index (χ3n) is 6.69. The largest absolute Gasteiger partial charge is 1.00 e. The van der Waals surface area contributed by atoms with Crippen molar-refractivity contribution in [2.45, 2.75) is 22.6 Å². The quantitative estimate of drug-likeness (QED) is 0.0813. The van der Waals surface area contributed by atoms with Crippen LogP contribution in [0.2, 0.25) is 0 Å². The van der Waals surface area contributed by atoms with Crippen molar-refractivity contribution in [3.8, 4) is 5.75 Å². The van der Waals surface area contributed by atoms with Gasteiger partial charge in [-0.15, -0.1) is 16.9 Å². The molecule has 230 valence electrons. The molecule has 0 radical (unpaired) electrons. The van der Waals surface area contributed by atoms with Gasteiger partial charge in [0.25, 0.3) is 11.5 Å². The van der Waals surface area contributed by atoms with Gasteiger partial charge >= 0.3 is 41.3 Å². The number of carboxylic acid groups (broad SMARTS) is 1. The number of phenolic OH excluding ortho intramolecular Hbond substituents is 1. The number of phenols is 1. The number of anilines is 1. The number of H-pyrrole nitrogens is 1. The Morgan fingerprint density at radius 1 is 1.20 bits per heavy atom. The van der Waals surface area contributed by atoms with Gasteiger partial charge in [0.1, 0.15) is 28.9 Å². The summed E-state index contributed by atoms with van der Waals surface area (Å²) in [5.41, 5.74) is -1.42. The van der Waals surface area contributed by atoms with E-state index in [9.17, 15) is 39.0 Å². The van der Waals surface area contributed by atoms with Gasteiger partial charge in [0, 0.05) is 31.8 Å². The molecule has 5 rings (SSSR count). The van der Waals surface area contributed by atoms with E-state index in [0.29, 0.717) is 10.7 Å². The molecule has 0 aliphatic carbocycles. The van der Waals surface area contributed by atoms with Gasteiger partial charge in [-0.25, -0.2) is 14.3 Å². The van der Waals surface area contributed by atoms with Gasteiger partial charge in [0.15, 0.2) is 0 Å². The molecule has 45 heavy (non-hydrogen) atoms. The predicted molar refractivity (Wildman–Crippen MR) is 152 cm³/mol. The summed E-state index contributed by atoms with van der Waals surface area (Å²) >= 11 is 2.42. The topological polar surface area (TPSA) is 249 Å². The van der Waals surface area contributed by atoms with Crippen molar-refractivity contribution in [1.82, 2.24) is 45.3 Å². The molecular formula is C24H23N10NaO8S2. The van der Waals surface area contributed by atoms with E-state index in [1.807, 2.05) is 0 Å². The zero-order chi connectivity index (χ0) is 31.7. The minimum Gasteiger partial charge on any atom is -0.543 e. The minimum atomic E-state index is -1.55. The molecule has 1 saturated heterocycles. The molecule has 2 aliphatic heterocycles. The molecule has 4 amide bonds. The molecule has 5 N–H and O–H groups in total. The first-order valence-corrected chi connectivity index (χ1v) is 14.7. The summed E-state index contributed by atoms with van der Waals surface area (Å²) in [5, 5.41) is 39.8. The maximum Gasteiger partial charge on any atom is 1.00 e. The number of aromatic nitrogens is 6. The van der Waals surface area contributed by atoms with Gasteiger partial charge < -0.3 is 35.9 Å². The normalized spacial score (nSPS) is 17.8. The Labute approximate surface area is 283 Å². The number of thioether (sulfide) groups is 2. The molecule has 1 aromatic carbocycles. The van der Waals surface area contributed by atoms with Crippen LogP contribution in [0.1, 0.15) is 11.6 Å². The van der Waals surface area contributed by atoms with Gasteiger partial charge in [0.2, 0.25) is 11.1 Å². The first-order chi connectivity index (χ1) is 21.0. The third-order valence-corrected chi connectivity index (χ3v) is 9.12. The summed E-state index contributed by atoms with van der Waals surface area (Å²) in [7, 11) is 2.83. The minimum absolute atomic E-state index is 0. The van der Waals surface area contributed by atoms with Gasteiger partial charge in [-0.05, 0) is 33.7 Å². The second-order valence-corrected chi connectivity index (χ2v) is 11.6. The number of amides is 4. The average Bonchev–Trinajstić information content (AvgIpc) is 3.41. The van der Waals surface area contributed by atoms with E-state index in [0.717, 1.165) is 15.7 Å². The number of aryl methyl sites for hydroxylation is 1. The number of nitrogens with zero attached hydrogens (tertiary/aromatic N) is 6. The number of hydrogen-bond donors (Lipinski definition) is 5. The Hall–Kier alpha value is -4.11. The summed E-state index contributed by atoms with van der Waals surface area (Å²) in [5.74, 6) is -2.77. The molecule has 21 heteroatoms. The molecule has 18 nitrogen and oxygen atoms in total. The number of carbonyl (C=O) groups is 4. The molecule has 3 atom stereocenters. The van der Waals surface area contributed by atoms with E-state index in [1.165, 1.54) is 59.5 Å². The Morgan fingerprint density at radius 2 is 1.91 bits per heavy atom. The molecule has 1 fully saturated rings. The molecule has 0 bridgehead atoms. The zero-order valence-electron chi connectivity index (χ0n) is 23.8. The van der Waals surface area contributed by atoms with E-state index < -0.39 is 52.5 Å². The maximum absolute atomic E-state index is 13.5. The average molecular weight is 667 g/mol. The van der Waals surface area contributed by atoms with E-state index in [4.69, 9.17) is 0 Å². The number of rotatable bonds is 9. The number of β-lactam (4-membered cyclic amide) rings is 1. The zero-order valence-corrected chi connectivity index (χ0v) is 27.5. The summed E-state index contributed by atoms with van der Waals surface area (Å²) in [6.45, 7) is 0. The monoisotopic (exact) mass is 666 g/mol. The van der Waals surface area contributed by atoms with E-state index in [2.05, 4.69) is 36.5 Å². The fraction of sp³-hybridized carbons (Fsp3) is 0.292. The summed E-state index contributed by atoms with van der Waals surface area (Å²) in [4.78, 5) is 78.8. The number of urea groups is 1. The van der Waals surface area contributed by atoms with Crippen LogP contribution in [0.15, 0.2) is 56.5 Å². The Balaban J connectivity index is 0.00000461. The van der Waals surface area contributed by atoms with Crippen LogP contribution in [0.5, 0.6) is 5.75 Å². The van der Waals surface area contributed by atoms with Gasteiger partial charge in [-0.1, -0.05) is 23.9 Å². The van der Waals surface area contributed by atoms with Crippen molar-refractivity contribution in [3.63, 3.8) is 0 Å². The standard InChI is InChI=1S/C24H24N10O8S2.Na/c1-32-18(37)13(7-25-23(32)42)26-22(41)28-14(10-3-5-12(35)6-4-10)17(36)27-15-19(38)34-16(21(39)40)11(8-43-20(15)34)9-44-24-29-30-31-33(24)2;/h3-7,14-15,20,35H,8-9H2,1-2H3,(H,25,42)(H,27,36)(H,39,40)(H2,26,28,41);/q;+1/p-1/t14?,15?,20-;/m0./s1.